The maximum atomic E-state index is 11.4. The summed E-state index contributed by atoms with van der Waals surface area (Å²) in [5, 5.41) is 12.4. The first-order valence-electron chi connectivity index (χ1n) is 5.04. The SMILES string of the molecule is CC(C)n1c(-c2ccc(Cl)s2)nnc1S(N)(=O)=O. The summed E-state index contributed by atoms with van der Waals surface area (Å²) >= 11 is 7.16. The first-order chi connectivity index (χ1) is 8.30. The van der Waals surface area contributed by atoms with Crippen LogP contribution in [0.2, 0.25) is 4.34 Å². The molecule has 0 amide bonds. The molecule has 2 aromatic rings. The van der Waals surface area contributed by atoms with Crippen LogP contribution in [0.1, 0.15) is 19.9 Å². The van der Waals surface area contributed by atoms with Crippen LogP contribution in [0.4, 0.5) is 0 Å². The van der Waals surface area contributed by atoms with E-state index in [1.165, 1.54) is 15.9 Å². The van der Waals surface area contributed by atoms with Gasteiger partial charge in [0.2, 0.25) is 0 Å². The van der Waals surface area contributed by atoms with Gasteiger partial charge in [-0.3, -0.25) is 4.57 Å². The van der Waals surface area contributed by atoms with E-state index in [1.807, 2.05) is 13.8 Å². The lowest BCUT2D eigenvalue weighted by atomic mass is 10.3. The van der Waals surface area contributed by atoms with Crippen LogP contribution in [0.25, 0.3) is 10.7 Å². The van der Waals surface area contributed by atoms with Gasteiger partial charge in [0.15, 0.2) is 5.82 Å². The Kier molecular flexibility index (Phi) is 3.45. The molecule has 2 heterocycles. The van der Waals surface area contributed by atoms with Gasteiger partial charge >= 0.3 is 0 Å². The van der Waals surface area contributed by atoms with Crippen molar-refractivity contribution >= 4 is 33.0 Å². The first kappa shape index (κ1) is 13.5. The lowest BCUT2D eigenvalue weighted by Gasteiger charge is -2.11. The summed E-state index contributed by atoms with van der Waals surface area (Å²) in [6.45, 7) is 3.66. The number of aromatic nitrogens is 3. The number of primary sulfonamides is 1. The van der Waals surface area contributed by atoms with E-state index in [1.54, 1.807) is 12.1 Å². The monoisotopic (exact) mass is 306 g/mol. The summed E-state index contributed by atoms with van der Waals surface area (Å²) in [6.07, 6.45) is 0. The van der Waals surface area contributed by atoms with Gasteiger partial charge in [-0.15, -0.1) is 21.5 Å². The fourth-order valence-corrected chi connectivity index (χ4v) is 3.29. The van der Waals surface area contributed by atoms with Gasteiger partial charge in [-0.25, -0.2) is 13.6 Å². The van der Waals surface area contributed by atoms with Crippen molar-refractivity contribution in [3.63, 3.8) is 0 Å². The van der Waals surface area contributed by atoms with Crippen LogP contribution in [-0.2, 0) is 10.0 Å². The number of rotatable bonds is 3. The van der Waals surface area contributed by atoms with Crippen LogP contribution in [0.15, 0.2) is 17.3 Å². The highest BCUT2D eigenvalue weighted by atomic mass is 35.5. The van der Waals surface area contributed by atoms with Crippen molar-refractivity contribution in [1.82, 2.24) is 14.8 Å². The molecule has 0 saturated carbocycles. The quantitative estimate of drug-likeness (QED) is 0.937. The van der Waals surface area contributed by atoms with E-state index in [9.17, 15) is 8.42 Å². The van der Waals surface area contributed by atoms with Crippen molar-refractivity contribution in [3.05, 3.63) is 16.5 Å². The van der Waals surface area contributed by atoms with E-state index in [0.717, 1.165) is 4.88 Å². The normalized spacial score (nSPS) is 12.3. The molecule has 6 nitrogen and oxygen atoms in total. The second kappa shape index (κ2) is 4.61. The van der Waals surface area contributed by atoms with Gasteiger partial charge in [0, 0.05) is 6.04 Å². The highest BCUT2D eigenvalue weighted by Gasteiger charge is 2.24. The van der Waals surface area contributed by atoms with Crippen molar-refractivity contribution in [1.29, 1.82) is 0 Å². The van der Waals surface area contributed by atoms with E-state index in [4.69, 9.17) is 16.7 Å². The number of nitrogens with two attached hydrogens (primary N) is 1. The number of sulfonamides is 1. The Hall–Kier alpha value is -0.960. The summed E-state index contributed by atoms with van der Waals surface area (Å²) < 4.78 is 25.0. The Morgan fingerprint density at radius 3 is 2.50 bits per heavy atom. The van der Waals surface area contributed by atoms with Crippen LogP contribution in [-0.4, -0.2) is 23.2 Å². The van der Waals surface area contributed by atoms with Gasteiger partial charge in [0.05, 0.1) is 9.21 Å². The molecule has 0 aromatic carbocycles. The van der Waals surface area contributed by atoms with Crippen LogP contribution >= 0.6 is 22.9 Å². The second-order valence-electron chi connectivity index (χ2n) is 3.92. The lowest BCUT2D eigenvalue weighted by Crippen LogP contribution is -2.19. The second-order valence-corrected chi connectivity index (χ2v) is 7.09. The molecule has 0 saturated heterocycles. The zero-order valence-electron chi connectivity index (χ0n) is 9.66. The molecular formula is C9H11ClN4O2S2. The molecule has 2 aromatic heterocycles. The molecule has 0 fully saturated rings. The summed E-state index contributed by atoms with van der Waals surface area (Å²) in [5.41, 5.74) is 0. The molecule has 0 radical (unpaired) electrons. The number of nitrogens with zero attached hydrogens (tertiary/aromatic N) is 3. The summed E-state index contributed by atoms with van der Waals surface area (Å²) in [6, 6.07) is 3.35. The van der Waals surface area contributed by atoms with Crippen LogP contribution in [0.5, 0.6) is 0 Å². The van der Waals surface area contributed by atoms with Gasteiger partial charge in [-0.05, 0) is 26.0 Å². The Balaban J connectivity index is 2.67. The third-order valence-electron chi connectivity index (χ3n) is 2.23. The maximum Gasteiger partial charge on any atom is 0.273 e. The predicted molar refractivity (Wildman–Crippen MR) is 70.1 cm³/mol. The Morgan fingerprint density at radius 1 is 1.39 bits per heavy atom. The summed E-state index contributed by atoms with van der Waals surface area (Å²) in [4.78, 5) is 0.746. The molecule has 0 atom stereocenters. The third kappa shape index (κ3) is 2.41. The van der Waals surface area contributed by atoms with Crippen molar-refractivity contribution in [2.24, 2.45) is 5.14 Å². The zero-order chi connectivity index (χ0) is 13.5. The van der Waals surface area contributed by atoms with Gasteiger partial charge in [0.1, 0.15) is 0 Å². The van der Waals surface area contributed by atoms with Gasteiger partial charge < -0.3 is 0 Å². The Morgan fingerprint density at radius 2 is 2.06 bits per heavy atom. The van der Waals surface area contributed by atoms with Gasteiger partial charge in [-0.1, -0.05) is 11.6 Å². The van der Waals surface area contributed by atoms with Crippen LogP contribution in [0, 0.1) is 0 Å². The van der Waals surface area contributed by atoms with Crippen molar-refractivity contribution in [3.8, 4) is 10.7 Å². The summed E-state index contributed by atoms with van der Waals surface area (Å²) in [5.74, 6) is 0.450. The van der Waals surface area contributed by atoms with E-state index in [2.05, 4.69) is 10.2 Å². The average molecular weight is 307 g/mol. The largest absolute Gasteiger partial charge is 0.294 e. The highest BCUT2D eigenvalue weighted by molar-refractivity contribution is 7.89. The molecule has 0 aliphatic carbocycles. The number of hydrogen-bond donors (Lipinski definition) is 1. The van der Waals surface area contributed by atoms with Gasteiger partial charge in [0.25, 0.3) is 15.2 Å². The van der Waals surface area contributed by atoms with E-state index in [0.29, 0.717) is 10.2 Å². The minimum atomic E-state index is -3.90. The molecule has 9 heteroatoms. The molecule has 0 bridgehead atoms. The summed E-state index contributed by atoms with van der Waals surface area (Å²) in [7, 11) is -3.90. The predicted octanol–water partition coefficient (Wildman–Crippen LogP) is 1.89. The number of hydrogen-bond acceptors (Lipinski definition) is 5. The van der Waals surface area contributed by atoms with E-state index in [-0.39, 0.29) is 11.2 Å². The fraction of sp³-hybridized carbons (Fsp3) is 0.333. The molecule has 2 rings (SSSR count). The molecule has 98 valence electrons. The molecule has 0 aliphatic heterocycles. The zero-order valence-corrected chi connectivity index (χ0v) is 12.1. The first-order valence-corrected chi connectivity index (χ1v) is 7.78. The fourth-order valence-electron chi connectivity index (χ4n) is 1.54. The molecule has 18 heavy (non-hydrogen) atoms. The third-order valence-corrected chi connectivity index (χ3v) is 4.24. The Labute approximate surface area is 113 Å². The molecular weight excluding hydrogens is 296 g/mol. The van der Waals surface area contributed by atoms with E-state index >= 15 is 0 Å². The molecule has 0 unspecified atom stereocenters. The lowest BCUT2D eigenvalue weighted by molar-refractivity contribution is 0.525. The minimum Gasteiger partial charge on any atom is -0.294 e. The maximum absolute atomic E-state index is 11.4. The Bertz CT molecular complexity index is 675. The number of halogens is 1. The highest BCUT2D eigenvalue weighted by Crippen LogP contribution is 2.32. The standard InChI is InChI=1S/C9H11ClN4O2S2/c1-5(2)14-8(6-3-4-7(10)17-6)12-13-9(14)18(11,15)16/h3-5H,1-2H3,(H2,11,15,16). The van der Waals surface area contributed by atoms with Crippen molar-refractivity contribution < 1.29 is 8.42 Å². The van der Waals surface area contributed by atoms with Crippen LogP contribution < -0.4 is 5.14 Å². The number of thiophene rings is 1. The van der Waals surface area contributed by atoms with Crippen LogP contribution in [0.3, 0.4) is 0 Å². The molecule has 2 N–H and O–H groups in total. The smallest absolute Gasteiger partial charge is 0.273 e. The van der Waals surface area contributed by atoms with Gasteiger partial charge in [-0.2, -0.15) is 0 Å². The van der Waals surface area contributed by atoms with Crippen molar-refractivity contribution in [2.75, 3.05) is 0 Å². The molecule has 0 aliphatic rings. The van der Waals surface area contributed by atoms with Crippen molar-refractivity contribution in [2.45, 2.75) is 25.0 Å². The minimum absolute atomic E-state index is 0.135. The average Bonchev–Trinajstić information content (AvgIpc) is 2.80. The topological polar surface area (TPSA) is 90.9 Å². The molecule has 0 spiro atoms. The van der Waals surface area contributed by atoms with E-state index < -0.39 is 10.0 Å².